The molecule has 0 unspecified atom stereocenters. The first-order chi connectivity index (χ1) is 12.5. The standard InChI is InChI=1S/C20H27FN2O4/c1-7-26-18(24)16-10-14-8-9-15(21)13(3)17(14)23(16)12(2)11-22-19(25)27-20(4,5)6/h8-10,12H,7,11H2,1-6H3,(H,22,25)/t12-/m1/s1. The number of ether oxygens (including phenoxy) is 2. The number of halogens is 1. The predicted octanol–water partition coefficient (Wildman–Crippen LogP) is 4.35. The molecule has 1 atom stereocenters. The van der Waals surface area contributed by atoms with Crippen LogP contribution < -0.4 is 5.32 Å². The van der Waals surface area contributed by atoms with Crippen molar-refractivity contribution in [1.82, 2.24) is 9.88 Å². The minimum absolute atomic E-state index is 0.209. The molecule has 0 radical (unpaired) electrons. The maximum absolute atomic E-state index is 14.1. The molecule has 7 heteroatoms. The molecule has 1 N–H and O–H groups in total. The Morgan fingerprint density at radius 1 is 1.30 bits per heavy atom. The molecule has 0 aliphatic carbocycles. The molecule has 0 bridgehead atoms. The number of benzene rings is 1. The maximum atomic E-state index is 14.1. The quantitative estimate of drug-likeness (QED) is 0.785. The topological polar surface area (TPSA) is 69.6 Å². The number of hydrogen-bond acceptors (Lipinski definition) is 4. The van der Waals surface area contributed by atoms with Gasteiger partial charge in [-0.2, -0.15) is 0 Å². The number of aryl methyl sites for hydroxylation is 1. The van der Waals surface area contributed by atoms with Crippen molar-refractivity contribution >= 4 is 23.0 Å². The highest BCUT2D eigenvalue weighted by atomic mass is 19.1. The van der Waals surface area contributed by atoms with Crippen LogP contribution in [0.15, 0.2) is 18.2 Å². The van der Waals surface area contributed by atoms with Crippen molar-refractivity contribution in [2.75, 3.05) is 13.2 Å². The van der Waals surface area contributed by atoms with Crippen LogP contribution in [0.2, 0.25) is 0 Å². The molecule has 0 spiro atoms. The lowest BCUT2D eigenvalue weighted by Crippen LogP contribution is -2.35. The number of esters is 1. The van der Waals surface area contributed by atoms with Crippen molar-refractivity contribution < 1.29 is 23.5 Å². The molecular formula is C20H27FN2O4. The molecular weight excluding hydrogens is 351 g/mol. The highest BCUT2D eigenvalue weighted by Gasteiger charge is 2.23. The van der Waals surface area contributed by atoms with Crippen LogP contribution in [0, 0.1) is 12.7 Å². The van der Waals surface area contributed by atoms with E-state index in [0.29, 0.717) is 16.8 Å². The van der Waals surface area contributed by atoms with Gasteiger partial charge in [-0.3, -0.25) is 0 Å². The molecule has 0 aliphatic heterocycles. The van der Waals surface area contributed by atoms with Gasteiger partial charge in [0.2, 0.25) is 0 Å². The summed E-state index contributed by atoms with van der Waals surface area (Å²) < 4.78 is 26.2. The SMILES string of the molecule is CCOC(=O)c1cc2ccc(F)c(C)c2n1[C@H](C)CNC(=O)OC(C)(C)C. The van der Waals surface area contributed by atoms with Crippen molar-refractivity contribution in [3.63, 3.8) is 0 Å². The third-order valence-corrected chi connectivity index (χ3v) is 4.05. The van der Waals surface area contributed by atoms with Gasteiger partial charge < -0.3 is 19.4 Å². The lowest BCUT2D eigenvalue weighted by molar-refractivity contribution is 0.0512. The Morgan fingerprint density at radius 3 is 2.56 bits per heavy atom. The number of alkyl carbamates (subject to hydrolysis) is 1. The molecule has 1 heterocycles. The van der Waals surface area contributed by atoms with E-state index in [4.69, 9.17) is 9.47 Å². The van der Waals surface area contributed by atoms with Crippen LogP contribution in [0.25, 0.3) is 10.9 Å². The van der Waals surface area contributed by atoms with Gasteiger partial charge in [0.1, 0.15) is 17.1 Å². The van der Waals surface area contributed by atoms with Crippen LogP contribution in [0.4, 0.5) is 9.18 Å². The van der Waals surface area contributed by atoms with Crippen molar-refractivity contribution in [1.29, 1.82) is 0 Å². The predicted molar refractivity (Wildman–Crippen MR) is 102 cm³/mol. The molecule has 0 fully saturated rings. The first-order valence-corrected chi connectivity index (χ1v) is 8.99. The van der Waals surface area contributed by atoms with Crippen LogP contribution in [-0.4, -0.2) is 35.4 Å². The van der Waals surface area contributed by atoms with E-state index in [9.17, 15) is 14.0 Å². The number of carbonyl (C=O) groups is 2. The van der Waals surface area contributed by atoms with Gasteiger partial charge in [-0.05, 0) is 59.7 Å². The molecule has 27 heavy (non-hydrogen) atoms. The van der Waals surface area contributed by atoms with Crippen LogP contribution in [0.5, 0.6) is 0 Å². The summed E-state index contributed by atoms with van der Waals surface area (Å²) in [4.78, 5) is 24.4. The number of rotatable bonds is 5. The summed E-state index contributed by atoms with van der Waals surface area (Å²) in [5, 5.41) is 3.43. The van der Waals surface area contributed by atoms with E-state index in [2.05, 4.69) is 5.32 Å². The molecule has 0 saturated carbocycles. The van der Waals surface area contributed by atoms with Gasteiger partial charge >= 0.3 is 12.1 Å². The Bertz CT molecular complexity index is 852. The Labute approximate surface area is 158 Å². The second kappa shape index (κ2) is 7.98. The van der Waals surface area contributed by atoms with Gasteiger partial charge in [-0.1, -0.05) is 0 Å². The number of fused-ring (bicyclic) bond motifs is 1. The highest BCUT2D eigenvalue weighted by molar-refractivity contribution is 5.96. The van der Waals surface area contributed by atoms with Gasteiger partial charge in [0.25, 0.3) is 0 Å². The van der Waals surface area contributed by atoms with E-state index in [-0.39, 0.29) is 25.0 Å². The Balaban J connectivity index is 2.39. The minimum atomic E-state index is -0.608. The zero-order valence-electron chi connectivity index (χ0n) is 16.7. The fourth-order valence-corrected chi connectivity index (χ4v) is 2.93. The van der Waals surface area contributed by atoms with E-state index in [1.54, 1.807) is 51.3 Å². The van der Waals surface area contributed by atoms with E-state index in [1.807, 2.05) is 6.92 Å². The van der Waals surface area contributed by atoms with Gasteiger partial charge in [-0.25, -0.2) is 14.0 Å². The van der Waals surface area contributed by atoms with Gasteiger partial charge in [0.15, 0.2) is 0 Å². The zero-order valence-corrected chi connectivity index (χ0v) is 16.7. The van der Waals surface area contributed by atoms with E-state index in [0.717, 1.165) is 5.39 Å². The molecule has 0 saturated heterocycles. The third-order valence-electron chi connectivity index (χ3n) is 4.05. The number of nitrogens with zero attached hydrogens (tertiary/aromatic N) is 1. The number of aromatic nitrogens is 1. The lowest BCUT2D eigenvalue weighted by Gasteiger charge is -2.23. The van der Waals surface area contributed by atoms with Gasteiger partial charge in [0.05, 0.1) is 12.1 Å². The summed E-state index contributed by atoms with van der Waals surface area (Å²) in [7, 11) is 0. The molecule has 6 nitrogen and oxygen atoms in total. The molecule has 1 amide bonds. The van der Waals surface area contributed by atoms with Crippen molar-refractivity contribution in [3.05, 3.63) is 35.3 Å². The lowest BCUT2D eigenvalue weighted by atomic mass is 10.1. The molecule has 2 aromatic rings. The molecule has 1 aromatic carbocycles. The Kier molecular flexibility index (Phi) is 6.13. The number of amides is 1. The summed E-state index contributed by atoms with van der Waals surface area (Å²) in [5.74, 6) is -0.845. The summed E-state index contributed by atoms with van der Waals surface area (Å²) in [6.07, 6.45) is -0.550. The minimum Gasteiger partial charge on any atom is -0.461 e. The Morgan fingerprint density at radius 2 is 1.96 bits per heavy atom. The summed E-state index contributed by atoms with van der Waals surface area (Å²) >= 11 is 0. The van der Waals surface area contributed by atoms with Crippen LogP contribution >= 0.6 is 0 Å². The smallest absolute Gasteiger partial charge is 0.407 e. The fraction of sp³-hybridized carbons (Fsp3) is 0.500. The van der Waals surface area contributed by atoms with Crippen molar-refractivity contribution in [2.24, 2.45) is 0 Å². The number of hydrogen-bond donors (Lipinski definition) is 1. The number of nitrogens with one attached hydrogen (secondary N) is 1. The van der Waals surface area contributed by atoms with E-state index < -0.39 is 17.7 Å². The zero-order chi connectivity index (χ0) is 20.4. The first-order valence-electron chi connectivity index (χ1n) is 8.99. The molecule has 2 rings (SSSR count). The largest absolute Gasteiger partial charge is 0.461 e. The summed E-state index contributed by atoms with van der Waals surface area (Å²) in [6, 6.07) is 4.37. The van der Waals surface area contributed by atoms with Crippen LogP contribution in [-0.2, 0) is 9.47 Å². The first kappa shape index (κ1) is 20.7. The van der Waals surface area contributed by atoms with Crippen molar-refractivity contribution in [2.45, 2.75) is 53.2 Å². The summed E-state index contributed by atoms with van der Waals surface area (Å²) in [6.45, 7) is 11.0. The van der Waals surface area contributed by atoms with Crippen molar-refractivity contribution in [3.8, 4) is 0 Å². The maximum Gasteiger partial charge on any atom is 0.407 e. The van der Waals surface area contributed by atoms with Gasteiger partial charge in [-0.15, -0.1) is 0 Å². The second-order valence-corrected chi connectivity index (χ2v) is 7.46. The molecule has 1 aromatic heterocycles. The average Bonchev–Trinajstić information content (AvgIpc) is 2.95. The normalized spacial score (nSPS) is 12.7. The Hall–Kier alpha value is -2.57. The van der Waals surface area contributed by atoms with Gasteiger partial charge in [0, 0.05) is 23.5 Å². The van der Waals surface area contributed by atoms with Crippen LogP contribution in [0.3, 0.4) is 0 Å². The fourth-order valence-electron chi connectivity index (χ4n) is 2.93. The van der Waals surface area contributed by atoms with E-state index in [1.165, 1.54) is 6.07 Å². The highest BCUT2D eigenvalue weighted by Crippen LogP contribution is 2.29. The molecule has 0 aliphatic rings. The van der Waals surface area contributed by atoms with E-state index >= 15 is 0 Å². The number of carbonyl (C=O) groups excluding carboxylic acids is 2. The average molecular weight is 378 g/mol. The second-order valence-electron chi connectivity index (χ2n) is 7.46. The summed E-state index contributed by atoms with van der Waals surface area (Å²) in [5.41, 5.74) is 0.756. The molecule has 148 valence electrons. The third kappa shape index (κ3) is 4.78. The monoisotopic (exact) mass is 378 g/mol. The van der Waals surface area contributed by atoms with Crippen LogP contribution in [0.1, 0.15) is 56.7 Å².